The molecule has 0 amide bonds. The molecular formula is C11H18O6. The van der Waals surface area contributed by atoms with Gasteiger partial charge in [-0.2, -0.15) is 0 Å². The number of hydrogen-bond acceptors (Lipinski definition) is 6. The first-order valence-electron chi connectivity index (χ1n) is 5.44. The highest BCUT2D eigenvalue weighted by Crippen LogP contribution is 2.23. The average molecular weight is 246 g/mol. The molecule has 1 saturated heterocycles. The fourth-order valence-corrected chi connectivity index (χ4v) is 1.87. The molecular weight excluding hydrogens is 228 g/mol. The second-order valence-corrected chi connectivity index (χ2v) is 3.96. The molecule has 0 saturated carbocycles. The Morgan fingerprint density at radius 3 is 2.18 bits per heavy atom. The summed E-state index contributed by atoms with van der Waals surface area (Å²) in [7, 11) is 1.48. The van der Waals surface area contributed by atoms with Crippen LogP contribution in [-0.2, 0) is 28.5 Å². The van der Waals surface area contributed by atoms with E-state index in [1.807, 2.05) is 0 Å². The number of methoxy groups -OCH3 is 1. The monoisotopic (exact) mass is 246 g/mol. The Morgan fingerprint density at radius 2 is 1.71 bits per heavy atom. The second kappa shape index (κ2) is 5.97. The summed E-state index contributed by atoms with van der Waals surface area (Å²) >= 11 is 0. The highest BCUT2D eigenvalue weighted by molar-refractivity contribution is 5.67. The SMILES string of the molecule is CO[C@H]1[C@H](OC(C)=O)[C@@H](C)OC[C@H]1OC(C)=O. The minimum atomic E-state index is -0.574. The van der Waals surface area contributed by atoms with E-state index in [-0.39, 0.29) is 12.7 Å². The zero-order valence-corrected chi connectivity index (χ0v) is 10.5. The average Bonchev–Trinajstić information content (AvgIpc) is 2.22. The number of carbonyl (C=O) groups excluding carboxylic acids is 2. The van der Waals surface area contributed by atoms with Gasteiger partial charge in [0.05, 0.1) is 12.7 Å². The Kier molecular flexibility index (Phi) is 4.89. The van der Waals surface area contributed by atoms with Gasteiger partial charge in [-0.05, 0) is 6.92 Å². The topological polar surface area (TPSA) is 71.1 Å². The van der Waals surface area contributed by atoms with Crippen molar-refractivity contribution in [1.82, 2.24) is 0 Å². The van der Waals surface area contributed by atoms with Crippen LogP contribution in [0.2, 0.25) is 0 Å². The van der Waals surface area contributed by atoms with E-state index >= 15 is 0 Å². The van der Waals surface area contributed by atoms with E-state index in [4.69, 9.17) is 18.9 Å². The van der Waals surface area contributed by atoms with E-state index in [1.54, 1.807) is 6.92 Å². The lowest BCUT2D eigenvalue weighted by molar-refractivity contribution is -0.218. The van der Waals surface area contributed by atoms with Gasteiger partial charge in [0.1, 0.15) is 6.10 Å². The maximum absolute atomic E-state index is 11.0. The smallest absolute Gasteiger partial charge is 0.303 e. The van der Waals surface area contributed by atoms with Gasteiger partial charge >= 0.3 is 11.9 Å². The summed E-state index contributed by atoms with van der Waals surface area (Å²) in [5.74, 6) is -0.840. The first-order chi connectivity index (χ1) is 7.95. The van der Waals surface area contributed by atoms with E-state index < -0.39 is 30.3 Å². The number of hydrogen-bond donors (Lipinski definition) is 0. The molecule has 0 aromatic rings. The summed E-state index contributed by atoms with van der Waals surface area (Å²) < 4.78 is 20.9. The van der Waals surface area contributed by atoms with E-state index in [0.717, 1.165) is 0 Å². The van der Waals surface area contributed by atoms with Gasteiger partial charge in [0, 0.05) is 21.0 Å². The van der Waals surface area contributed by atoms with Crippen LogP contribution in [0, 0.1) is 0 Å². The zero-order chi connectivity index (χ0) is 13.0. The Hall–Kier alpha value is -1.14. The first-order valence-corrected chi connectivity index (χ1v) is 5.44. The minimum absolute atomic E-state index is 0.233. The van der Waals surface area contributed by atoms with Gasteiger partial charge < -0.3 is 18.9 Å². The summed E-state index contributed by atoms with van der Waals surface area (Å²) in [6, 6.07) is 0. The normalized spacial score (nSPS) is 32.9. The Labute approximate surface area is 100 Å². The van der Waals surface area contributed by atoms with Crippen molar-refractivity contribution in [1.29, 1.82) is 0 Å². The van der Waals surface area contributed by atoms with Crippen LogP contribution in [0.25, 0.3) is 0 Å². The van der Waals surface area contributed by atoms with Crippen molar-refractivity contribution in [3.63, 3.8) is 0 Å². The number of esters is 2. The summed E-state index contributed by atoms with van der Waals surface area (Å²) in [6.45, 7) is 4.64. The fraction of sp³-hybridized carbons (Fsp3) is 0.818. The molecule has 0 aliphatic carbocycles. The molecule has 0 radical (unpaired) electrons. The van der Waals surface area contributed by atoms with Crippen molar-refractivity contribution >= 4 is 11.9 Å². The molecule has 0 bridgehead atoms. The molecule has 6 heteroatoms. The summed E-state index contributed by atoms with van der Waals surface area (Å²) in [5, 5.41) is 0. The Morgan fingerprint density at radius 1 is 1.12 bits per heavy atom. The molecule has 4 atom stereocenters. The minimum Gasteiger partial charge on any atom is -0.457 e. The van der Waals surface area contributed by atoms with Crippen LogP contribution in [0.5, 0.6) is 0 Å². The van der Waals surface area contributed by atoms with Gasteiger partial charge in [-0.15, -0.1) is 0 Å². The lowest BCUT2D eigenvalue weighted by Gasteiger charge is -2.39. The van der Waals surface area contributed by atoms with Crippen molar-refractivity contribution < 1.29 is 28.5 Å². The van der Waals surface area contributed by atoms with E-state index in [0.29, 0.717) is 0 Å². The quantitative estimate of drug-likeness (QED) is 0.666. The van der Waals surface area contributed by atoms with Crippen LogP contribution in [0.3, 0.4) is 0 Å². The maximum Gasteiger partial charge on any atom is 0.303 e. The van der Waals surface area contributed by atoms with Gasteiger partial charge in [-0.25, -0.2) is 0 Å². The van der Waals surface area contributed by atoms with Crippen LogP contribution < -0.4 is 0 Å². The van der Waals surface area contributed by atoms with Crippen molar-refractivity contribution in [3.8, 4) is 0 Å². The van der Waals surface area contributed by atoms with E-state index in [2.05, 4.69) is 0 Å². The summed E-state index contributed by atoms with van der Waals surface area (Å²) in [4.78, 5) is 21.9. The highest BCUT2D eigenvalue weighted by Gasteiger charge is 2.42. The Bertz CT molecular complexity index is 290. The molecule has 0 aromatic heterocycles. The van der Waals surface area contributed by atoms with E-state index in [9.17, 15) is 9.59 Å². The van der Waals surface area contributed by atoms with Crippen LogP contribution in [0.15, 0.2) is 0 Å². The van der Waals surface area contributed by atoms with Crippen LogP contribution >= 0.6 is 0 Å². The molecule has 0 aromatic carbocycles. The predicted molar refractivity (Wildman–Crippen MR) is 57.3 cm³/mol. The lowest BCUT2D eigenvalue weighted by atomic mass is 10.0. The molecule has 17 heavy (non-hydrogen) atoms. The first kappa shape index (κ1) is 13.9. The number of rotatable bonds is 3. The predicted octanol–water partition coefficient (Wildman–Crippen LogP) is 0.283. The maximum atomic E-state index is 11.0. The summed E-state index contributed by atoms with van der Waals surface area (Å²) in [5.41, 5.74) is 0. The molecule has 1 aliphatic rings. The molecule has 1 aliphatic heterocycles. The van der Waals surface area contributed by atoms with Gasteiger partial charge in [-0.3, -0.25) is 9.59 Å². The molecule has 1 fully saturated rings. The zero-order valence-electron chi connectivity index (χ0n) is 10.5. The Balaban J connectivity index is 2.76. The van der Waals surface area contributed by atoms with Crippen LogP contribution in [0.4, 0.5) is 0 Å². The van der Waals surface area contributed by atoms with Gasteiger partial charge in [0.25, 0.3) is 0 Å². The lowest BCUT2D eigenvalue weighted by Crippen LogP contribution is -2.55. The third-order valence-electron chi connectivity index (χ3n) is 2.57. The van der Waals surface area contributed by atoms with Crippen molar-refractivity contribution in [3.05, 3.63) is 0 Å². The molecule has 6 nitrogen and oxygen atoms in total. The second-order valence-electron chi connectivity index (χ2n) is 3.96. The molecule has 1 rings (SSSR count). The molecule has 0 N–H and O–H groups in total. The molecule has 0 unspecified atom stereocenters. The molecule has 98 valence electrons. The van der Waals surface area contributed by atoms with Gasteiger partial charge in [0.15, 0.2) is 12.2 Å². The van der Waals surface area contributed by atoms with Crippen molar-refractivity contribution in [2.45, 2.75) is 45.2 Å². The summed E-state index contributed by atoms with van der Waals surface area (Å²) in [6.07, 6.45) is -1.93. The largest absolute Gasteiger partial charge is 0.457 e. The van der Waals surface area contributed by atoms with Gasteiger partial charge in [-0.1, -0.05) is 0 Å². The molecule has 1 heterocycles. The van der Waals surface area contributed by atoms with Crippen molar-refractivity contribution in [2.75, 3.05) is 13.7 Å². The highest BCUT2D eigenvalue weighted by atomic mass is 16.6. The third-order valence-corrected chi connectivity index (χ3v) is 2.57. The van der Waals surface area contributed by atoms with E-state index in [1.165, 1.54) is 21.0 Å². The standard InChI is InChI=1S/C11H18O6/c1-6-10(17-8(3)13)11(14-4)9(5-15-6)16-7(2)12/h6,9-11H,5H2,1-4H3/t6-,9-,10-,11-/m1/s1. The number of carbonyl (C=O) groups is 2. The number of ether oxygens (including phenoxy) is 4. The van der Waals surface area contributed by atoms with Crippen LogP contribution in [-0.4, -0.2) is 50.1 Å². The fourth-order valence-electron chi connectivity index (χ4n) is 1.87. The van der Waals surface area contributed by atoms with Crippen molar-refractivity contribution in [2.24, 2.45) is 0 Å². The van der Waals surface area contributed by atoms with Gasteiger partial charge in [0.2, 0.25) is 0 Å². The third kappa shape index (κ3) is 3.67. The van der Waals surface area contributed by atoms with Crippen LogP contribution in [0.1, 0.15) is 20.8 Å². The molecule has 0 spiro atoms.